The van der Waals surface area contributed by atoms with E-state index in [0.717, 1.165) is 40.1 Å². The summed E-state index contributed by atoms with van der Waals surface area (Å²) < 4.78 is 27.8. The lowest BCUT2D eigenvalue weighted by atomic mass is 10.0. The first-order chi connectivity index (χ1) is 19.0. The first-order valence-electron chi connectivity index (χ1n) is 13.5. The number of para-hydroxylation sites is 2. The van der Waals surface area contributed by atoms with Gasteiger partial charge in [-0.2, -0.15) is 0 Å². The van der Waals surface area contributed by atoms with Crippen LogP contribution in [0.25, 0.3) is 53.7 Å². The molecule has 0 unspecified atom stereocenters. The molecule has 0 spiro atoms. The van der Waals surface area contributed by atoms with Gasteiger partial charge in [0, 0.05) is 36.4 Å². The SMILES string of the molecule is [2H]C([2H])([2H])c1ccc(-c2cccc3c2sc2c(-c4nc5ccccc5n4Cc4ccccc4)cccc23)cc1. The monoisotopic (exact) mass is 483 g/mol. The second kappa shape index (κ2) is 8.47. The lowest BCUT2D eigenvalue weighted by Crippen LogP contribution is -2.02. The number of fused-ring (bicyclic) bond motifs is 4. The average Bonchev–Trinajstić information content (AvgIpc) is 3.52. The van der Waals surface area contributed by atoms with Crippen LogP contribution in [-0.2, 0) is 6.54 Å². The number of benzene rings is 5. The molecule has 172 valence electrons. The molecular weight excluding hydrogens is 456 g/mol. The van der Waals surface area contributed by atoms with Gasteiger partial charge >= 0.3 is 0 Å². The summed E-state index contributed by atoms with van der Waals surface area (Å²) in [6.07, 6.45) is 0. The van der Waals surface area contributed by atoms with Gasteiger partial charge in [0.2, 0.25) is 0 Å². The molecule has 0 atom stereocenters. The molecule has 2 aromatic heterocycles. The zero-order valence-corrected chi connectivity index (χ0v) is 20.3. The molecule has 0 aliphatic heterocycles. The van der Waals surface area contributed by atoms with E-state index < -0.39 is 6.85 Å². The molecule has 0 amide bonds. The standard InChI is InChI=1S/C33H24N2S/c1-22-17-19-24(20-18-22)25-11-7-12-26-27-13-8-14-28(32(27)36-31(25)26)33-34-29-15-5-6-16-30(29)35(33)21-23-9-3-2-4-10-23/h2-20H,21H2,1H3/i1D3. The highest BCUT2D eigenvalue weighted by atomic mass is 32.1. The maximum Gasteiger partial charge on any atom is 0.142 e. The minimum Gasteiger partial charge on any atom is -0.319 e. The zero-order valence-electron chi connectivity index (χ0n) is 22.5. The van der Waals surface area contributed by atoms with E-state index >= 15 is 0 Å². The highest BCUT2D eigenvalue weighted by molar-refractivity contribution is 7.26. The van der Waals surface area contributed by atoms with Crippen LogP contribution in [0.3, 0.4) is 0 Å². The number of hydrogen-bond acceptors (Lipinski definition) is 2. The van der Waals surface area contributed by atoms with E-state index in [1.54, 1.807) is 23.5 Å². The van der Waals surface area contributed by atoms with E-state index in [1.807, 2.05) is 24.3 Å². The smallest absolute Gasteiger partial charge is 0.142 e. The number of aryl methyl sites for hydroxylation is 1. The van der Waals surface area contributed by atoms with E-state index in [0.29, 0.717) is 5.56 Å². The highest BCUT2D eigenvalue weighted by Gasteiger charge is 2.18. The molecule has 5 aromatic carbocycles. The highest BCUT2D eigenvalue weighted by Crippen LogP contribution is 2.44. The van der Waals surface area contributed by atoms with Crippen molar-refractivity contribution in [3.8, 4) is 22.5 Å². The van der Waals surface area contributed by atoms with Crippen molar-refractivity contribution in [1.29, 1.82) is 0 Å². The van der Waals surface area contributed by atoms with Crippen molar-refractivity contribution in [2.24, 2.45) is 0 Å². The Morgan fingerprint density at radius 2 is 1.39 bits per heavy atom. The quantitative estimate of drug-likeness (QED) is 0.244. The van der Waals surface area contributed by atoms with Gasteiger partial charge in [0.1, 0.15) is 5.82 Å². The van der Waals surface area contributed by atoms with Gasteiger partial charge in [0.25, 0.3) is 0 Å². The Kier molecular flexibility index (Phi) is 4.26. The molecule has 36 heavy (non-hydrogen) atoms. The summed E-state index contributed by atoms with van der Waals surface area (Å²) in [5.41, 5.74) is 6.92. The van der Waals surface area contributed by atoms with E-state index in [2.05, 4.69) is 83.4 Å². The van der Waals surface area contributed by atoms with Crippen LogP contribution in [0.5, 0.6) is 0 Å². The van der Waals surface area contributed by atoms with Crippen LogP contribution in [0.2, 0.25) is 0 Å². The van der Waals surface area contributed by atoms with Crippen molar-refractivity contribution < 1.29 is 4.11 Å². The summed E-state index contributed by atoms with van der Waals surface area (Å²) in [4.78, 5) is 5.13. The molecule has 0 bridgehead atoms. The molecule has 7 aromatic rings. The van der Waals surface area contributed by atoms with Gasteiger partial charge in [0.15, 0.2) is 0 Å². The normalized spacial score (nSPS) is 13.2. The molecule has 0 radical (unpaired) electrons. The molecule has 2 heterocycles. The second-order valence-corrected chi connectivity index (χ2v) is 10.1. The summed E-state index contributed by atoms with van der Waals surface area (Å²) in [7, 11) is 0. The van der Waals surface area contributed by atoms with Crippen LogP contribution in [0.1, 0.15) is 15.2 Å². The van der Waals surface area contributed by atoms with Crippen LogP contribution in [-0.4, -0.2) is 9.55 Å². The summed E-state index contributed by atoms with van der Waals surface area (Å²) in [5, 5.41) is 2.40. The number of hydrogen-bond donors (Lipinski definition) is 0. The molecule has 3 heteroatoms. The minimum absolute atomic E-state index is 0.356. The van der Waals surface area contributed by atoms with Crippen LogP contribution in [0.4, 0.5) is 0 Å². The van der Waals surface area contributed by atoms with E-state index in [1.165, 1.54) is 25.7 Å². The Labute approximate surface area is 218 Å². The largest absolute Gasteiger partial charge is 0.319 e. The Balaban J connectivity index is 1.43. The number of imidazole rings is 1. The minimum atomic E-state index is -2.11. The van der Waals surface area contributed by atoms with E-state index in [4.69, 9.17) is 9.10 Å². The van der Waals surface area contributed by atoms with Gasteiger partial charge in [-0.05, 0) is 41.7 Å². The first-order valence-corrected chi connectivity index (χ1v) is 12.8. The summed E-state index contributed by atoms with van der Waals surface area (Å²) in [6, 6.07) is 38.9. The van der Waals surface area contributed by atoms with Crippen LogP contribution < -0.4 is 0 Å². The molecule has 0 saturated carbocycles. The lowest BCUT2D eigenvalue weighted by Gasteiger charge is -2.10. The molecule has 0 saturated heterocycles. The van der Waals surface area contributed by atoms with Gasteiger partial charge in [-0.15, -0.1) is 11.3 Å². The topological polar surface area (TPSA) is 17.8 Å². The third-order valence-corrected chi connectivity index (χ3v) is 8.09. The van der Waals surface area contributed by atoms with Crippen molar-refractivity contribution in [1.82, 2.24) is 9.55 Å². The van der Waals surface area contributed by atoms with Crippen molar-refractivity contribution in [2.75, 3.05) is 0 Å². The van der Waals surface area contributed by atoms with Crippen molar-refractivity contribution in [2.45, 2.75) is 13.4 Å². The molecule has 0 aliphatic carbocycles. The van der Waals surface area contributed by atoms with Crippen molar-refractivity contribution in [3.63, 3.8) is 0 Å². The first kappa shape index (κ1) is 18.1. The number of nitrogens with zero attached hydrogens (tertiary/aromatic N) is 2. The third-order valence-electron chi connectivity index (χ3n) is 6.80. The fourth-order valence-electron chi connectivity index (χ4n) is 5.08. The molecule has 0 aliphatic rings. The van der Waals surface area contributed by atoms with Crippen LogP contribution in [0, 0.1) is 6.85 Å². The summed E-state index contributed by atoms with van der Waals surface area (Å²) in [5.74, 6) is 0.959. The Morgan fingerprint density at radius 1 is 0.694 bits per heavy atom. The molecule has 0 fully saturated rings. The number of aromatic nitrogens is 2. The van der Waals surface area contributed by atoms with E-state index in [9.17, 15) is 0 Å². The van der Waals surface area contributed by atoms with Crippen molar-refractivity contribution >= 4 is 42.5 Å². The fraction of sp³-hybridized carbons (Fsp3) is 0.0606. The van der Waals surface area contributed by atoms with Gasteiger partial charge in [-0.3, -0.25) is 0 Å². The Bertz CT molecular complexity index is 1970. The average molecular weight is 484 g/mol. The zero-order chi connectivity index (χ0) is 26.6. The van der Waals surface area contributed by atoms with Gasteiger partial charge in [-0.25, -0.2) is 4.98 Å². The second-order valence-electron chi connectivity index (χ2n) is 9.04. The van der Waals surface area contributed by atoms with Gasteiger partial charge in [0.05, 0.1) is 11.0 Å². The summed E-state index contributed by atoms with van der Waals surface area (Å²) >= 11 is 1.77. The van der Waals surface area contributed by atoms with Gasteiger partial charge < -0.3 is 4.57 Å². The Morgan fingerprint density at radius 3 is 2.17 bits per heavy atom. The number of thiophene rings is 1. The van der Waals surface area contributed by atoms with E-state index in [-0.39, 0.29) is 0 Å². The maximum atomic E-state index is 7.71. The summed E-state index contributed by atoms with van der Waals surface area (Å²) in [6.45, 7) is -1.37. The molecule has 7 rings (SSSR count). The predicted octanol–water partition coefficient (Wildman–Crippen LogP) is 9.09. The molecular formula is C33H24N2S. The molecule has 0 N–H and O–H groups in total. The maximum absolute atomic E-state index is 7.71. The molecule has 2 nitrogen and oxygen atoms in total. The van der Waals surface area contributed by atoms with Crippen LogP contribution in [0.15, 0.2) is 115 Å². The third kappa shape index (κ3) is 3.43. The Hall–Kier alpha value is -4.21. The van der Waals surface area contributed by atoms with Crippen molar-refractivity contribution in [3.05, 3.63) is 126 Å². The predicted molar refractivity (Wildman–Crippen MR) is 154 cm³/mol. The van der Waals surface area contributed by atoms with Gasteiger partial charge in [-0.1, -0.05) is 103 Å². The fourth-order valence-corrected chi connectivity index (χ4v) is 6.43. The lowest BCUT2D eigenvalue weighted by molar-refractivity contribution is 0.835. The van der Waals surface area contributed by atoms with Crippen LogP contribution >= 0.6 is 11.3 Å². The number of rotatable bonds is 4.